The minimum Gasteiger partial charge on any atom is -0.357 e. The van der Waals surface area contributed by atoms with Crippen molar-refractivity contribution in [1.82, 2.24) is 9.97 Å². The lowest BCUT2D eigenvalue weighted by Gasteiger charge is -2.32. The molecular formula is C18H20ClN3O. The normalized spacial score (nSPS) is 15.7. The molecule has 0 aliphatic carbocycles. The maximum atomic E-state index is 11.5. The molecule has 0 radical (unpaired) electrons. The molecule has 1 fully saturated rings. The average molecular weight is 330 g/mol. The van der Waals surface area contributed by atoms with Crippen molar-refractivity contribution in [1.29, 1.82) is 0 Å². The summed E-state index contributed by atoms with van der Waals surface area (Å²) in [5.41, 5.74) is 2.88. The third-order valence-electron chi connectivity index (χ3n) is 4.50. The summed E-state index contributed by atoms with van der Waals surface area (Å²) in [7, 11) is 0. The molecule has 0 spiro atoms. The quantitative estimate of drug-likeness (QED) is 0.856. The number of hydrogen-bond donors (Lipinski definition) is 0. The molecular weight excluding hydrogens is 310 g/mol. The molecule has 2 aromatic heterocycles. The second-order valence-electron chi connectivity index (χ2n) is 6.06. The summed E-state index contributed by atoms with van der Waals surface area (Å²) in [6.07, 6.45) is 5.24. The van der Waals surface area contributed by atoms with Crippen LogP contribution in [0.5, 0.6) is 0 Å². The van der Waals surface area contributed by atoms with Crippen molar-refractivity contribution in [2.24, 2.45) is 5.92 Å². The van der Waals surface area contributed by atoms with Crippen molar-refractivity contribution in [2.45, 2.75) is 26.7 Å². The van der Waals surface area contributed by atoms with Gasteiger partial charge in [0, 0.05) is 37.0 Å². The Morgan fingerprint density at radius 1 is 1.30 bits per heavy atom. The number of carbonyl (C=O) groups is 1. The molecule has 23 heavy (non-hydrogen) atoms. The van der Waals surface area contributed by atoms with Gasteiger partial charge in [-0.2, -0.15) is 0 Å². The van der Waals surface area contributed by atoms with Gasteiger partial charge in [0.25, 0.3) is 0 Å². The van der Waals surface area contributed by atoms with Crippen LogP contribution >= 0.6 is 11.6 Å². The van der Waals surface area contributed by atoms with Crippen LogP contribution in [0.2, 0.25) is 5.02 Å². The van der Waals surface area contributed by atoms with Gasteiger partial charge in [-0.15, -0.1) is 0 Å². The molecule has 1 saturated heterocycles. The number of piperidine rings is 1. The number of rotatable bonds is 3. The van der Waals surface area contributed by atoms with Gasteiger partial charge in [-0.25, -0.2) is 4.98 Å². The van der Waals surface area contributed by atoms with E-state index in [1.807, 2.05) is 25.1 Å². The van der Waals surface area contributed by atoms with Crippen molar-refractivity contribution in [2.75, 3.05) is 18.0 Å². The van der Waals surface area contributed by atoms with E-state index in [9.17, 15) is 4.79 Å². The van der Waals surface area contributed by atoms with Crippen molar-refractivity contribution < 1.29 is 4.79 Å². The number of ketones is 1. The highest BCUT2D eigenvalue weighted by atomic mass is 35.5. The Morgan fingerprint density at radius 2 is 2.04 bits per heavy atom. The zero-order chi connectivity index (χ0) is 16.4. The van der Waals surface area contributed by atoms with Gasteiger partial charge >= 0.3 is 0 Å². The van der Waals surface area contributed by atoms with E-state index in [2.05, 4.69) is 14.9 Å². The average Bonchev–Trinajstić information content (AvgIpc) is 2.56. The van der Waals surface area contributed by atoms with Crippen LogP contribution < -0.4 is 4.90 Å². The first-order valence-electron chi connectivity index (χ1n) is 7.89. The van der Waals surface area contributed by atoms with Crippen LogP contribution in [0.3, 0.4) is 0 Å². The lowest BCUT2D eigenvalue weighted by Crippen LogP contribution is -2.36. The van der Waals surface area contributed by atoms with Gasteiger partial charge in [0.2, 0.25) is 0 Å². The number of aryl methyl sites for hydroxylation is 1. The lowest BCUT2D eigenvalue weighted by molar-refractivity contribution is -0.121. The fourth-order valence-corrected chi connectivity index (χ4v) is 3.26. The molecule has 0 saturated carbocycles. The highest BCUT2D eigenvalue weighted by Gasteiger charge is 2.23. The summed E-state index contributed by atoms with van der Waals surface area (Å²) < 4.78 is 0. The van der Waals surface area contributed by atoms with Crippen LogP contribution in [-0.2, 0) is 4.79 Å². The number of anilines is 1. The minimum atomic E-state index is 0.191. The van der Waals surface area contributed by atoms with Crippen molar-refractivity contribution in [3.8, 4) is 11.3 Å². The summed E-state index contributed by atoms with van der Waals surface area (Å²) in [5, 5.41) is 0.606. The Morgan fingerprint density at radius 3 is 2.70 bits per heavy atom. The Labute approximate surface area is 141 Å². The molecule has 0 N–H and O–H groups in total. The second-order valence-corrected chi connectivity index (χ2v) is 6.47. The molecule has 2 aromatic rings. The molecule has 0 unspecified atom stereocenters. The number of Topliss-reactive ketones (excluding diaryl/α,β-unsaturated/α-hetero) is 1. The zero-order valence-electron chi connectivity index (χ0n) is 13.4. The maximum absolute atomic E-state index is 11.5. The van der Waals surface area contributed by atoms with E-state index >= 15 is 0 Å². The number of hydrogen-bond acceptors (Lipinski definition) is 4. The van der Waals surface area contributed by atoms with E-state index in [1.165, 1.54) is 0 Å². The standard InChI is InChI=1S/C18H20ClN3O/c1-12-4-3-7-20-18(12)15-10-17(21-11-16(15)19)22-8-5-14(6-9-22)13(2)23/h3-4,7,10-11,14H,5-6,8-9H2,1-2H3. The van der Waals surface area contributed by atoms with Gasteiger partial charge in [0.15, 0.2) is 0 Å². The van der Waals surface area contributed by atoms with E-state index < -0.39 is 0 Å². The van der Waals surface area contributed by atoms with E-state index in [0.717, 1.165) is 48.6 Å². The third kappa shape index (κ3) is 3.37. The lowest BCUT2D eigenvalue weighted by atomic mass is 9.93. The predicted molar refractivity (Wildman–Crippen MR) is 92.8 cm³/mol. The van der Waals surface area contributed by atoms with Gasteiger partial charge < -0.3 is 4.90 Å². The SMILES string of the molecule is CC(=O)C1CCN(c2cc(-c3ncccc3C)c(Cl)cn2)CC1. The Hall–Kier alpha value is -1.94. The molecule has 3 rings (SSSR count). The van der Waals surface area contributed by atoms with Crippen LogP contribution in [0.1, 0.15) is 25.3 Å². The highest BCUT2D eigenvalue weighted by Crippen LogP contribution is 2.32. The Kier molecular flexibility index (Phi) is 4.62. The van der Waals surface area contributed by atoms with Gasteiger partial charge in [-0.3, -0.25) is 9.78 Å². The topological polar surface area (TPSA) is 46.1 Å². The Bertz CT molecular complexity index is 724. The molecule has 0 atom stereocenters. The molecule has 120 valence electrons. The smallest absolute Gasteiger partial charge is 0.133 e. The van der Waals surface area contributed by atoms with Gasteiger partial charge in [-0.1, -0.05) is 17.7 Å². The second kappa shape index (κ2) is 6.67. The van der Waals surface area contributed by atoms with Crippen molar-refractivity contribution >= 4 is 23.2 Å². The van der Waals surface area contributed by atoms with Crippen LogP contribution in [0, 0.1) is 12.8 Å². The highest BCUT2D eigenvalue weighted by molar-refractivity contribution is 6.33. The number of pyridine rings is 2. The van der Waals surface area contributed by atoms with E-state index in [-0.39, 0.29) is 5.92 Å². The van der Waals surface area contributed by atoms with Crippen molar-refractivity contribution in [3.05, 3.63) is 41.2 Å². The largest absolute Gasteiger partial charge is 0.357 e. The van der Waals surface area contributed by atoms with Crippen LogP contribution in [0.15, 0.2) is 30.6 Å². The third-order valence-corrected chi connectivity index (χ3v) is 4.80. The van der Waals surface area contributed by atoms with Gasteiger partial charge in [0.05, 0.1) is 10.7 Å². The minimum absolute atomic E-state index is 0.191. The first-order chi connectivity index (χ1) is 11.1. The molecule has 5 heteroatoms. The summed E-state index contributed by atoms with van der Waals surface area (Å²) in [6, 6.07) is 5.95. The van der Waals surface area contributed by atoms with E-state index in [4.69, 9.17) is 11.6 Å². The molecule has 1 aliphatic heterocycles. The molecule has 0 amide bonds. The first kappa shape index (κ1) is 15.9. The van der Waals surface area contributed by atoms with Crippen LogP contribution in [-0.4, -0.2) is 28.8 Å². The monoisotopic (exact) mass is 329 g/mol. The summed E-state index contributed by atoms with van der Waals surface area (Å²) in [4.78, 5) is 22.6. The fourth-order valence-electron chi connectivity index (χ4n) is 3.06. The number of nitrogens with zero attached hydrogens (tertiary/aromatic N) is 3. The van der Waals surface area contributed by atoms with Gasteiger partial charge in [-0.05, 0) is 44.4 Å². The molecule has 0 aromatic carbocycles. The number of halogens is 1. The molecule has 1 aliphatic rings. The van der Waals surface area contributed by atoms with E-state index in [1.54, 1.807) is 19.3 Å². The number of aromatic nitrogens is 2. The summed E-state index contributed by atoms with van der Waals surface area (Å²) in [6.45, 7) is 5.40. The van der Waals surface area contributed by atoms with Crippen molar-refractivity contribution in [3.63, 3.8) is 0 Å². The maximum Gasteiger partial charge on any atom is 0.133 e. The predicted octanol–water partition coefficient (Wildman–Crippen LogP) is 3.91. The van der Waals surface area contributed by atoms with Crippen LogP contribution in [0.25, 0.3) is 11.3 Å². The molecule has 4 nitrogen and oxygen atoms in total. The van der Waals surface area contributed by atoms with Gasteiger partial charge in [0.1, 0.15) is 11.6 Å². The Balaban J connectivity index is 1.87. The van der Waals surface area contributed by atoms with Crippen LogP contribution in [0.4, 0.5) is 5.82 Å². The first-order valence-corrected chi connectivity index (χ1v) is 8.27. The number of carbonyl (C=O) groups excluding carboxylic acids is 1. The summed E-state index contributed by atoms with van der Waals surface area (Å²) >= 11 is 6.34. The zero-order valence-corrected chi connectivity index (χ0v) is 14.2. The summed E-state index contributed by atoms with van der Waals surface area (Å²) in [5.74, 6) is 1.38. The van der Waals surface area contributed by atoms with E-state index in [0.29, 0.717) is 10.8 Å². The molecule has 0 bridgehead atoms. The fraction of sp³-hybridized carbons (Fsp3) is 0.389. The molecule has 3 heterocycles.